The van der Waals surface area contributed by atoms with Crippen molar-refractivity contribution >= 4 is 5.69 Å². The van der Waals surface area contributed by atoms with Gasteiger partial charge in [0.25, 0.3) is 0 Å². The summed E-state index contributed by atoms with van der Waals surface area (Å²) in [6, 6.07) is 9.45. The fraction of sp³-hybridized carbons (Fsp3) is 0.625. The minimum atomic E-state index is 0.318. The second-order valence-corrected chi connectivity index (χ2v) is 5.92. The highest BCUT2D eigenvalue weighted by Crippen LogP contribution is 2.27. The number of piperidine rings is 1. The molecule has 0 amide bonds. The van der Waals surface area contributed by atoms with Crippen molar-refractivity contribution in [2.75, 3.05) is 24.6 Å². The highest BCUT2D eigenvalue weighted by molar-refractivity contribution is 5.54. The lowest BCUT2D eigenvalue weighted by molar-refractivity contribution is 0.208. The topological polar surface area (TPSA) is 35.5 Å². The van der Waals surface area contributed by atoms with E-state index in [1.54, 1.807) is 0 Å². The van der Waals surface area contributed by atoms with Crippen LogP contribution in [-0.2, 0) is 6.54 Å². The predicted octanol–water partition coefficient (Wildman–Crippen LogP) is 2.15. The number of hydrogen-bond acceptors (Lipinski definition) is 3. The van der Waals surface area contributed by atoms with E-state index >= 15 is 0 Å². The summed E-state index contributed by atoms with van der Waals surface area (Å²) >= 11 is 0. The van der Waals surface area contributed by atoms with Crippen molar-refractivity contribution in [2.45, 2.75) is 38.3 Å². The van der Waals surface area contributed by atoms with Crippen LogP contribution >= 0.6 is 0 Å². The Labute approximate surface area is 115 Å². The van der Waals surface area contributed by atoms with E-state index in [9.17, 15) is 5.11 Å². The zero-order chi connectivity index (χ0) is 13.1. The van der Waals surface area contributed by atoms with Crippen molar-refractivity contribution in [3.8, 4) is 0 Å². The molecule has 1 aromatic carbocycles. The maximum atomic E-state index is 9.37. The van der Waals surface area contributed by atoms with Gasteiger partial charge in [-0.25, -0.2) is 0 Å². The van der Waals surface area contributed by atoms with Gasteiger partial charge in [0.1, 0.15) is 0 Å². The molecule has 2 N–H and O–H groups in total. The summed E-state index contributed by atoms with van der Waals surface area (Å²) in [5.74, 6) is 0.443. The van der Waals surface area contributed by atoms with Gasteiger partial charge in [0.2, 0.25) is 0 Å². The number of nitrogens with zero attached hydrogens (tertiary/aromatic N) is 1. The summed E-state index contributed by atoms with van der Waals surface area (Å²) in [4.78, 5) is 2.45. The molecule has 1 saturated heterocycles. The van der Waals surface area contributed by atoms with Crippen LogP contribution in [0, 0.1) is 5.92 Å². The Morgan fingerprint density at radius 2 is 2.05 bits per heavy atom. The molecular formula is C16H24N2O. The van der Waals surface area contributed by atoms with Crippen molar-refractivity contribution in [1.82, 2.24) is 5.32 Å². The molecule has 1 aromatic rings. The van der Waals surface area contributed by atoms with Crippen LogP contribution in [0.15, 0.2) is 24.3 Å². The molecule has 1 unspecified atom stereocenters. The molecule has 3 nitrogen and oxygen atoms in total. The number of aliphatic hydroxyl groups excluding tert-OH is 1. The van der Waals surface area contributed by atoms with Crippen molar-refractivity contribution in [2.24, 2.45) is 5.92 Å². The minimum absolute atomic E-state index is 0.318. The van der Waals surface area contributed by atoms with Gasteiger partial charge in [-0.2, -0.15) is 0 Å². The average molecular weight is 260 g/mol. The molecule has 1 atom stereocenters. The van der Waals surface area contributed by atoms with Gasteiger partial charge in [-0.15, -0.1) is 0 Å². The Kier molecular flexibility index (Phi) is 4.04. The molecule has 0 bridgehead atoms. The van der Waals surface area contributed by atoms with Crippen LogP contribution < -0.4 is 10.2 Å². The molecule has 3 rings (SSSR count). The molecule has 1 aliphatic carbocycles. The number of aliphatic hydroxyl groups is 1. The smallest absolute Gasteiger partial charge is 0.0476 e. The summed E-state index contributed by atoms with van der Waals surface area (Å²) in [7, 11) is 0. The van der Waals surface area contributed by atoms with Gasteiger partial charge in [0, 0.05) is 38.0 Å². The lowest BCUT2D eigenvalue weighted by Crippen LogP contribution is -2.37. The molecule has 1 heterocycles. The normalized spacial score (nSPS) is 23.6. The number of hydrogen-bond donors (Lipinski definition) is 2. The molecule has 0 aromatic heterocycles. The number of rotatable bonds is 5. The number of para-hydroxylation sites is 1. The van der Waals surface area contributed by atoms with Crippen LogP contribution in [-0.4, -0.2) is 30.8 Å². The summed E-state index contributed by atoms with van der Waals surface area (Å²) in [6.45, 7) is 3.41. The Morgan fingerprint density at radius 3 is 2.84 bits per heavy atom. The van der Waals surface area contributed by atoms with Crippen LogP contribution in [0.4, 0.5) is 5.69 Å². The lowest BCUT2D eigenvalue weighted by atomic mass is 9.97. The highest BCUT2D eigenvalue weighted by atomic mass is 16.3. The van der Waals surface area contributed by atoms with Crippen molar-refractivity contribution in [3.63, 3.8) is 0 Å². The fourth-order valence-corrected chi connectivity index (χ4v) is 2.94. The largest absolute Gasteiger partial charge is 0.396 e. The van der Waals surface area contributed by atoms with Crippen LogP contribution in [0.25, 0.3) is 0 Å². The third-order valence-electron chi connectivity index (χ3n) is 4.27. The van der Waals surface area contributed by atoms with E-state index in [0.29, 0.717) is 12.5 Å². The molecular weight excluding hydrogens is 236 g/mol. The Hall–Kier alpha value is -1.06. The van der Waals surface area contributed by atoms with Crippen molar-refractivity contribution in [3.05, 3.63) is 29.8 Å². The maximum Gasteiger partial charge on any atom is 0.0476 e. The molecule has 0 spiro atoms. The summed E-state index contributed by atoms with van der Waals surface area (Å²) in [5.41, 5.74) is 2.75. The molecule has 104 valence electrons. The van der Waals surface area contributed by atoms with E-state index in [4.69, 9.17) is 0 Å². The van der Waals surface area contributed by atoms with Gasteiger partial charge in [0.15, 0.2) is 0 Å². The first kappa shape index (κ1) is 12.9. The second-order valence-electron chi connectivity index (χ2n) is 5.92. The molecule has 2 fully saturated rings. The molecule has 1 saturated carbocycles. The quantitative estimate of drug-likeness (QED) is 0.851. The number of benzene rings is 1. The van der Waals surface area contributed by atoms with Gasteiger partial charge in [-0.3, -0.25) is 0 Å². The number of anilines is 1. The standard InChI is InChI=1S/C16H24N2O/c19-12-13-4-3-9-18(11-13)16-6-2-1-5-14(16)10-17-15-7-8-15/h1-2,5-6,13,15,17,19H,3-4,7-12H2. The van der Waals surface area contributed by atoms with Crippen LogP contribution in [0.1, 0.15) is 31.2 Å². The minimum Gasteiger partial charge on any atom is -0.396 e. The van der Waals surface area contributed by atoms with E-state index in [-0.39, 0.29) is 0 Å². The van der Waals surface area contributed by atoms with Crippen molar-refractivity contribution < 1.29 is 5.11 Å². The van der Waals surface area contributed by atoms with Gasteiger partial charge >= 0.3 is 0 Å². The third kappa shape index (κ3) is 3.28. The fourth-order valence-electron chi connectivity index (χ4n) is 2.94. The van der Waals surface area contributed by atoms with Crippen LogP contribution in [0.2, 0.25) is 0 Å². The second kappa shape index (κ2) is 5.93. The monoisotopic (exact) mass is 260 g/mol. The van der Waals surface area contributed by atoms with E-state index < -0.39 is 0 Å². The molecule has 3 heteroatoms. The molecule has 1 aliphatic heterocycles. The summed E-state index contributed by atoms with van der Waals surface area (Å²) in [5, 5.41) is 13.0. The van der Waals surface area contributed by atoms with E-state index in [1.165, 1.54) is 30.5 Å². The SMILES string of the molecule is OCC1CCCN(c2ccccc2CNC2CC2)C1. The third-order valence-corrected chi connectivity index (χ3v) is 4.27. The Morgan fingerprint density at radius 1 is 1.21 bits per heavy atom. The van der Waals surface area contributed by atoms with Gasteiger partial charge in [-0.05, 0) is 43.2 Å². The van der Waals surface area contributed by atoms with Crippen molar-refractivity contribution in [1.29, 1.82) is 0 Å². The zero-order valence-electron chi connectivity index (χ0n) is 11.5. The molecule has 2 aliphatic rings. The molecule has 0 radical (unpaired) electrons. The van der Waals surface area contributed by atoms with Gasteiger partial charge in [0.05, 0.1) is 0 Å². The first-order valence-electron chi connectivity index (χ1n) is 7.54. The summed E-state index contributed by atoms with van der Waals surface area (Å²) in [6.07, 6.45) is 5.02. The van der Waals surface area contributed by atoms with E-state index in [2.05, 4.69) is 34.5 Å². The lowest BCUT2D eigenvalue weighted by Gasteiger charge is -2.35. The first-order chi connectivity index (χ1) is 9.36. The predicted molar refractivity (Wildman–Crippen MR) is 78.3 cm³/mol. The van der Waals surface area contributed by atoms with Gasteiger partial charge in [-0.1, -0.05) is 18.2 Å². The van der Waals surface area contributed by atoms with Crippen LogP contribution in [0.5, 0.6) is 0 Å². The Balaban J connectivity index is 1.70. The van der Waals surface area contributed by atoms with Crippen LogP contribution in [0.3, 0.4) is 0 Å². The van der Waals surface area contributed by atoms with E-state index in [1.807, 2.05) is 0 Å². The zero-order valence-corrected chi connectivity index (χ0v) is 11.5. The van der Waals surface area contributed by atoms with E-state index in [0.717, 1.165) is 32.1 Å². The first-order valence-corrected chi connectivity index (χ1v) is 7.54. The van der Waals surface area contributed by atoms with Gasteiger partial charge < -0.3 is 15.3 Å². The average Bonchev–Trinajstić information content (AvgIpc) is 3.30. The maximum absolute atomic E-state index is 9.37. The highest BCUT2D eigenvalue weighted by Gasteiger charge is 2.23. The summed E-state index contributed by atoms with van der Waals surface area (Å²) < 4.78 is 0. The molecule has 19 heavy (non-hydrogen) atoms. The Bertz CT molecular complexity index is 417. The number of nitrogens with one attached hydrogen (secondary N) is 1.